The molecule has 3 nitrogen and oxygen atoms in total. The first-order chi connectivity index (χ1) is 6.65. The summed E-state index contributed by atoms with van der Waals surface area (Å²) in [6.07, 6.45) is 0. The van der Waals surface area contributed by atoms with Crippen LogP contribution in [0.5, 0.6) is 0 Å². The maximum atomic E-state index is 13.0. The van der Waals surface area contributed by atoms with Crippen molar-refractivity contribution in [3.8, 4) is 11.4 Å². The highest BCUT2D eigenvalue weighted by Crippen LogP contribution is 2.17. The van der Waals surface area contributed by atoms with Gasteiger partial charge in [0.1, 0.15) is 5.82 Å². The van der Waals surface area contributed by atoms with E-state index in [9.17, 15) is 4.39 Å². The summed E-state index contributed by atoms with van der Waals surface area (Å²) in [4.78, 5) is 4.00. The summed E-state index contributed by atoms with van der Waals surface area (Å²) in [6, 6.07) is 4.71. The van der Waals surface area contributed by atoms with Gasteiger partial charge in [0.15, 0.2) is 5.82 Å². The molecule has 0 atom stereocenters. The average Bonchev–Trinajstić information content (AvgIpc) is 2.50. The highest BCUT2D eigenvalue weighted by molar-refractivity contribution is 7.71. The molecule has 2 N–H and O–H groups in total. The third-order valence-electron chi connectivity index (χ3n) is 1.82. The molecule has 0 saturated heterocycles. The molecule has 1 aromatic carbocycles. The Kier molecular flexibility index (Phi) is 2.17. The van der Waals surface area contributed by atoms with E-state index in [1.54, 1.807) is 0 Å². The number of aromatic nitrogens is 3. The number of rotatable bonds is 1. The standard InChI is InChI=1S/C9H8FN3S/c1-5-2-6(4-7(10)3-5)8-11-9(14)13-12-8/h2-4H,1H3,(H2,11,12,13,14). The number of nitrogens with one attached hydrogen (secondary N) is 2. The van der Waals surface area contributed by atoms with E-state index in [1.807, 2.05) is 13.0 Å². The van der Waals surface area contributed by atoms with Gasteiger partial charge in [0.05, 0.1) is 0 Å². The minimum Gasteiger partial charge on any atom is -0.282 e. The molecule has 0 aliphatic rings. The second kappa shape index (κ2) is 3.34. The van der Waals surface area contributed by atoms with Crippen molar-refractivity contribution in [1.29, 1.82) is 0 Å². The van der Waals surface area contributed by atoms with E-state index in [0.717, 1.165) is 5.56 Å². The fourth-order valence-electron chi connectivity index (χ4n) is 1.28. The van der Waals surface area contributed by atoms with Gasteiger partial charge in [-0.3, -0.25) is 10.2 Å². The van der Waals surface area contributed by atoms with Gasteiger partial charge < -0.3 is 0 Å². The van der Waals surface area contributed by atoms with Crippen LogP contribution < -0.4 is 0 Å². The molecular formula is C9H8FN3S. The normalized spacial score (nSPS) is 10.4. The lowest BCUT2D eigenvalue weighted by Crippen LogP contribution is -1.85. The second-order valence-corrected chi connectivity index (χ2v) is 3.42. The van der Waals surface area contributed by atoms with Gasteiger partial charge in [0.25, 0.3) is 0 Å². The maximum Gasteiger partial charge on any atom is 0.213 e. The van der Waals surface area contributed by atoms with Crippen molar-refractivity contribution in [1.82, 2.24) is 15.2 Å². The number of nitrogens with zero attached hydrogens (tertiary/aromatic N) is 1. The second-order valence-electron chi connectivity index (χ2n) is 3.03. The first kappa shape index (κ1) is 9.08. The molecule has 0 radical (unpaired) electrons. The van der Waals surface area contributed by atoms with Crippen molar-refractivity contribution in [2.45, 2.75) is 6.92 Å². The monoisotopic (exact) mass is 209 g/mol. The van der Waals surface area contributed by atoms with Crippen molar-refractivity contribution in [2.24, 2.45) is 0 Å². The van der Waals surface area contributed by atoms with E-state index >= 15 is 0 Å². The summed E-state index contributed by atoms with van der Waals surface area (Å²) in [5.41, 5.74) is 1.54. The summed E-state index contributed by atoms with van der Waals surface area (Å²) >= 11 is 4.81. The van der Waals surface area contributed by atoms with Crippen molar-refractivity contribution < 1.29 is 4.39 Å². The minimum absolute atomic E-state index is 0.276. The number of H-pyrrole nitrogens is 2. The number of hydrogen-bond donors (Lipinski definition) is 2. The summed E-state index contributed by atoms with van der Waals surface area (Å²) in [7, 11) is 0. The molecule has 0 aliphatic heterocycles. The van der Waals surface area contributed by atoms with Gasteiger partial charge in [-0.25, -0.2) is 4.39 Å². The highest BCUT2D eigenvalue weighted by atomic mass is 32.1. The number of hydrogen-bond acceptors (Lipinski definition) is 2. The lowest BCUT2D eigenvalue weighted by molar-refractivity contribution is 0.627. The molecule has 0 bridgehead atoms. The number of aryl methyl sites for hydroxylation is 1. The predicted octanol–water partition coefficient (Wildman–Crippen LogP) is 2.58. The first-order valence-electron chi connectivity index (χ1n) is 4.07. The lowest BCUT2D eigenvalue weighted by atomic mass is 10.1. The number of aromatic amines is 2. The maximum absolute atomic E-state index is 13.0. The fraction of sp³-hybridized carbons (Fsp3) is 0.111. The van der Waals surface area contributed by atoms with Gasteiger partial charge in [-0.1, -0.05) is 0 Å². The van der Waals surface area contributed by atoms with Gasteiger partial charge in [-0.15, -0.1) is 0 Å². The molecule has 0 aliphatic carbocycles. The Morgan fingerprint density at radius 2 is 2.07 bits per heavy atom. The van der Waals surface area contributed by atoms with Crippen molar-refractivity contribution in [3.05, 3.63) is 34.4 Å². The first-order valence-corrected chi connectivity index (χ1v) is 4.48. The summed E-state index contributed by atoms with van der Waals surface area (Å²) in [5, 5.41) is 5.43. The molecule has 5 heteroatoms. The van der Waals surface area contributed by atoms with Gasteiger partial charge >= 0.3 is 0 Å². The Balaban J connectivity index is 2.56. The summed E-state index contributed by atoms with van der Waals surface area (Å²) in [5.74, 6) is 0.278. The van der Waals surface area contributed by atoms with Gasteiger partial charge in [0.2, 0.25) is 4.77 Å². The van der Waals surface area contributed by atoms with Crippen LogP contribution in [0.2, 0.25) is 0 Å². The fourth-order valence-corrected chi connectivity index (χ4v) is 1.42. The van der Waals surface area contributed by atoms with E-state index in [2.05, 4.69) is 15.2 Å². The average molecular weight is 209 g/mol. The number of benzene rings is 1. The van der Waals surface area contributed by atoms with Crippen LogP contribution in [0.4, 0.5) is 4.39 Å². The zero-order valence-electron chi connectivity index (χ0n) is 7.47. The SMILES string of the molecule is Cc1cc(F)cc(-c2nc(=S)[nH][nH]2)c1. The lowest BCUT2D eigenvalue weighted by Gasteiger charge is -1.98. The third-order valence-corrected chi connectivity index (χ3v) is 2.01. The quantitative estimate of drug-likeness (QED) is 0.709. The van der Waals surface area contributed by atoms with Crippen LogP contribution >= 0.6 is 12.2 Å². The van der Waals surface area contributed by atoms with E-state index < -0.39 is 0 Å². The number of halogens is 1. The molecule has 72 valence electrons. The molecule has 2 aromatic rings. The summed E-state index contributed by atoms with van der Waals surface area (Å²) < 4.78 is 13.4. The largest absolute Gasteiger partial charge is 0.282 e. The van der Waals surface area contributed by atoms with Crippen molar-refractivity contribution >= 4 is 12.2 Å². The summed E-state index contributed by atoms with van der Waals surface area (Å²) in [6.45, 7) is 1.83. The van der Waals surface area contributed by atoms with Crippen molar-refractivity contribution in [2.75, 3.05) is 0 Å². The van der Waals surface area contributed by atoms with Gasteiger partial charge in [-0.05, 0) is 42.9 Å². The van der Waals surface area contributed by atoms with Crippen LogP contribution in [0.3, 0.4) is 0 Å². The van der Waals surface area contributed by atoms with Crippen LogP contribution in [-0.4, -0.2) is 15.2 Å². The zero-order chi connectivity index (χ0) is 10.1. The van der Waals surface area contributed by atoms with Crippen LogP contribution in [0.15, 0.2) is 18.2 Å². The molecule has 0 unspecified atom stereocenters. The highest BCUT2D eigenvalue weighted by Gasteiger charge is 2.03. The molecule has 0 fully saturated rings. The van der Waals surface area contributed by atoms with E-state index in [0.29, 0.717) is 16.2 Å². The Bertz CT molecular complexity index is 495. The van der Waals surface area contributed by atoms with E-state index in [-0.39, 0.29) is 5.82 Å². The van der Waals surface area contributed by atoms with E-state index in [4.69, 9.17) is 12.2 Å². The van der Waals surface area contributed by atoms with Crippen LogP contribution in [-0.2, 0) is 0 Å². The molecule has 0 saturated carbocycles. The van der Waals surface area contributed by atoms with Gasteiger partial charge in [-0.2, -0.15) is 4.98 Å². The van der Waals surface area contributed by atoms with Crippen LogP contribution in [0, 0.1) is 17.5 Å². The molecular weight excluding hydrogens is 201 g/mol. The topological polar surface area (TPSA) is 44.5 Å². The Hall–Kier alpha value is -1.49. The van der Waals surface area contributed by atoms with E-state index in [1.165, 1.54) is 12.1 Å². The van der Waals surface area contributed by atoms with Crippen LogP contribution in [0.25, 0.3) is 11.4 Å². The smallest absolute Gasteiger partial charge is 0.213 e. The third kappa shape index (κ3) is 1.72. The molecule has 0 spiro atoms. The molecule has 1 heterocycles. The molecule has 14 heavy (non-hydrogen) atoms. The Morgan fingerprint density at radius 3 is 2.64 bits per heavy atom. The molecule has 0 amide bonds. The Morgan fingerprint density at radius 1 is 1.29 bits per heavy atom. The van der Waals surface area contributed by atoms with Gasteiger partial charge in [0, 0.05) is 5.56 Å². The van der Waals surface area contributed by atoms with Crippen LogP contribution in [0.1, 0.15) is 5.56 Å². The predicted molar refractivity (Wildman–Crippen MR) is 53.9 cm³/mol. The zero-order valence-corrected chi connectivity index (χ0v) is 8.28. The molecule has 2 rings (SSSR count). The Labute approximate surface area is 85.0 Å². The molecule has 1 aromatic heterocycles. The van der Waals surface area contributed by atoms with Crippen molar-refractivity contribution in [3.63, 3.8) is 0 Å². The minimum atomic E-state index is -0.276.